The number of unbranched alkanes of at least 4 members (excludes halogenated alkanes) is 1. The molecule has 0 spiro atoms. The molecule has 0 aromatic carbocycles. The van der Waals surface area contributed by atoms with Crippen molar-refractivity contribution in [3.05, 3.63) is 24.4 Å². The van der Waals surface area contributed by atoms with Crippen LogP contribution < -0.4 is 10.6 Å². The lowest BCUT2D eigenvalue weighted by molar-refractivity contribution is 0.0914. The van der Waals surface area contributed by atoms with Gasteiger partial charge in [0.25, 0.3) is 0 Å². The molecule has 2 rings (SSSR count). The Hall–Kier alpha value is -1.78. The zero-order valence-corrected chi connectivity index (χ0v) is 19.2. The van der Waals surface area contributed by atoms with Crippen molar-refractivity contribution < 1.29 is 9.53 Å². The van der Waals surface area contributed by atoms with Crippen LogP contribution in [0.2, 0.25) is 0 Å². The Morgan fingerprint density at radius 1 is 1.18 bits per heavy atom. The maximum atomic E-state index is 11.8. The van der Waals surface area contributed by atoms with Crippen LogP contribution in [0.1, 0.15) is 26.7 Å². The molecule has 1 aliphatic heterocycles. The number of anilines is 1. The van der Waals surface area contributed by atoms with E-state index >= 15 is 0 Å². The van der Waals surface area contributed by atoms with Crippen LogP contribution in [0.15, 0.2) is 29.4 Å². The van der Waals surface area contributed by atoms with Crippen LogP contribution in [0.3, 0.4) is 0 Å². The summed E-state index contributed by atoms with van der Waals surface area (Å²) in [5.41, 5.74) is 0. The smallest absolute Gasteiger partial charge is 0.409 e. The van der Waals surface area contributed by atoms with Crippen molar-refractivity contribution in [2.45, 2.75) is 26.7 Å². The van der Waals surface area contributed by atoms with Crippen LogP contribution in [0.4, 0.5) is 10.6 Å². The molecule has 0 saturated carbocycles. The second-order valence-electron chi connectivity index (χ2n) is 6.26. The van der Waals surface area contributed by atoms with Crippen molar-refractivity contribution in [2.24, 2.45) is 4.99 Å². The third-order valence-corrected chi connectivity index (χ3v) is 4.26. The van der Waals surface area contributed by atoms with Crippen LogP contribution >= 0.6 is 24.0 Å². The molecule has 2 N–H and O–H groups in total. The Balaban J connectivity index is 0.00000392. The number of carbonyl (C=O) groups is 1. The highest BCUT2D eigenvalue weighted by molar-refractivity contribution is 14.0. The molecule has 1 fully saturated rings. The lowest BCUT2D eigenvalue weighted by Gasteiger charge is -2.35. The fourth-order valence-electron chi connectivity index (χ4n) is 2.85. The highest BCUT2D eigenvalue weighted by Crippen LogP contribution is 2.05. The van der Waals surface area contributed by atoms with Gasteiger partial charge in [0.05, 0.1) is 6.61 Å². The third kappa shape index (κ3) is 8.49. The molecule has 1 saturated heterocycles. The van der Waals surface area contributed by atoms with Gasteiger partial charge in [0, 0.05) is 52.0 Å². The molecule has 1 aromatic rings. The summed E-state index contributed by atoms with van der Waals surface area (Å²) < 4.78 is 5.07. The minimum Gasteiger partial charge on any atom is -0.450 e. The SMILES string of the molecule is CCNC(=NCCCCNc1ccccn1)N1CCN(C(=O)OCC)CC1.I. The molecule has 8 nitrogen and oxygen atoms in total. The minimum atomic E-state index is -0.223. The maximum Gasteiger partial charge on any atom is 0.409 e. The van der Waals surface area contributed by atoms with Gasteiger partial charge in [-0.25, -0.2) is 9.78 Å². The summed E-state index contributed by atoms with van der Waals surface area (Å²) in [7, 11) is 0. The predicted octanol–water partition coefficient (Wildman–Crippen LogP) is 2.63. The number of pyridine rings is 1. The molecule has 28 heavy (non-hydrogen) atoms. The number of nitrogens with zero attached hydrogens (tertiary/aromatic N) is 4. The van der Waals surface area contributed by atoms with E-state index in [1.807, 2.05) is 25.1 Å². The van der Waals surface area contributed by atoms with Gasteiger partial charge in [0.1, 0.15) is 5.82 Å². The summed E-state index contributed by atoms with van der Waals surface area (Å²) in [4.78, 5) is 24.8. The van der Waals surface area contributed by atoms with E-state index < -0.39 is 0 Å². The molecule has 0 radical (unpaired) electrons. The Kier molecular flexibility index (Phi) is 12.3. The first kappa shape index (κ1) is 24.3. The van der Waals surface area contributed by atoms with Gasteiger partial charge in [0.2, 0.25) is 0 Å². The topological polar surface area (TPSA) is 82.1 Å². The highest BCUT2D eigenvalue weighted by Gasteiger charge is 2.23. The summed E-state index contributed by atoms with van der Waals surface area (Å²) in [6.45, 7) is 9.69. The average Bonchev–Trinajstić information content (AvgIpc) is 2.71. The number of aliphatic imine (C=N–C) groups is 1. The van der Waals surface area contributed by atoms with Gasteiger partial charge >= 0.3 is 6.09 Å². The van der Waals surface area contributed by atoms with E-state index in [9.17, 15) is 4.79 Å². The summed E-state index contributed by atoms with van der Waals surface area (Å²) in [5, 5.41) is 6.67. The number of guanidine groups is 1. The Labute approximate surface area is 185 Å². The van der Waals surface area contributed by atoms with E-state index in [1.165, 1.54) is 0 Å². The number of rotatable bonds is 8. The van der Waals surface area contributed by atoms with Crippen molar-refractivity contribution in [3.8, 4) is 0 Å². The predicted molar refractivity (Wildman–Crippen MR) is 124 cm³/mol. The van der Waals surface area contributed by atoms with E-state index in [2.05, 4.69) is 27.4 Å². The quantitative estimate of drug-likeness (QED) is 0.245. The van der Waals surface area contributed by atoms with Crippen molar-refractivity contribution in [2.75, 3.05) is 57.7 Å². The molecule has 0 bridgehead atoms. The van der Waals surface area contributed by atoms with E-state index in [0.717, 1.165) is 57.3 Å². The Morgan fingerprint density at radius 3 is 2.57 bits per heavy atom. The molecule has 9 heteroatoms. The van der Waals surface area contributed by atoms with Crippen LogP contribution in [0.5, 0.6) is 0 Å². The van der Waals surface area contributed by atoms with Crippen LogP contribution in [-0.4, -0.2) is 79.3 Å². The third-order valence-electron chi connectivity index (χ3n) is 4.26. The molecule has 0 unspecified atom stereocenters. The zero-order chi connectivity index (χ0) is 19.3. The summed E-state index contributed by atoms with van der Waals surface area (Å²) in [6.07, 6.45) is 3.62. The van der Waals surface area contributed by atoms with Crippen molar-refractivity contribution >= 4 is 41.8 Å². The fraction of sp³-hybridized carbons (Fsp3) is 0.632. The fourth-order valence-corrected chi connectivity index (χ4v) is 2.85. The van der Waals surface area contributed by atoms with Gasteiger partial charge in [-0.1, -0.05) is 6.07 Å². The molecule has 0 aliphatic carbocycles. The van der Waals surface area contributed by atoms with E-state index in [4.69, 9.17) is 9.73 Å². The monoisotopic (exact) mass is 504 g/mol. The highest BCUT2D eigenvalue weighted by atomic mass is 127. The molecule has 1 amide bonds. The number of ether oxygens (including phenoxy) is 1. The van der Waals surface area contributed by atoms with E-state index in [0.29, 0.717) is 19.7 Å². The number of hydrogen-bond acceptors (Lipinski definition) is 5. The van der Waals surface area contributed by atoms with Gasteiger partial charge in [-0.3, -0.25) is 4.99 Å². The van der Waals surface area contributed by atoms with Crippen LogP contribution in [0, 0.1) is 0 Å². The minimum absolute atomic E-state index is 0. The normalized spacial score (nSPS) is 14.3. The molecule has 1 aliphatic rings. The summed E-state index contributed by atoms with van der Waals surface area (Å²) in [5.74, 6) is 1.84. The van der Waals surface area contributed by atoms with Gasteiger partial charge in [-0.2, -0.15) is 0 Å². The van der Waals surface area contributed by atoms with Crippen LogP contribution in [0.25, 0.3) is 0 Å². The summed E-state index contributed by atoms with van der Waals surface area (Å²) >= 11 is 0. The Bertz CT molecular complexity index is 579. The largest absolute Gasteiger partial charge is 0.450 e. The first-order valence-electron chi connectivity index (χ1n) is 9.84. The molecule has 2 heterocycles. The number of amides is 1. The number of hydrogen-bond donors (Lipinski definition) is 2. The second kappa shape index (κ2) is 14.3. The first-order chi connectivity index (χ1) is 13.2. The van der Waals surface area contributed by atoms with E-state index in [-0.39, 0.29) is 30.1 Å². The van der Waals surface area contributed by atoms with Gasteiger partial charge < -0.3 is 25.2 Å². The average molecular weight is 504 g/mol. The van der Waals surface area contributed by atoms with Gasteiger partial charge in [-0.15, -0.1) is 24.0 Å². The molecule has 0 atom stereocenters. The lowest BCUT2D eigenvalue weighted by atomic mass is 10.3. The number of piperazine rings is 1. The first-order valence-corrected chi connectivity index (χ1v) is 9.84. The van der Waals surface area contributed by atoms with Crippen LogP contribution in [-0.2, 0) is 4.74 Å². The maximum absolute atomic E-state index is 11.8. The molecular weight excluding hydrogens is 471 g/mol. The second-order valence-corrected chi connectivity index (χ2v) is 6.26. The van der Waals surface area contributed by atoms with E-state index in [1.54, 1.807) is 11.1 Å². The number of aromatic nitrogens is 1. The molecule has 158 valence electrons. The molecular formula is C19H33IN6O2. The van der Waals surface area contributed by atoms with Crippen molar-refractivity contribution in [3.63, 3.8) is 0 Å². The summed E-state index contributed by atoms with van der Waals surface area (Å²) in [6, 6.07) is 5.86. The number of halogens is 1. The number of carbonyl (C=O) groups excluding carboxylic acids is 1. The van der Waals surface area contributed by atoms with Crippen molar-refractivity contribution in [1.82, 2.24) is 20.1 Å². The van der Waals surface area contributed by atoms with Crippen molar-refractivity contribution in [1.29, 1.82) is 0 Å². The van der Waals surface area contributed by atoms with Gasteiger partial charge in [-0.05, 0) is 38.8 Å². The zero-order valence-electron chi connectivity index (χ0n) is 16.9. The van der Waals surface area contributed by atoms with Gasteiger partial charge in [0.15, 0.2) is 5.96 Å². The lowest BCUT2D eigenvalue weighted by Crippen LogP contribution is -2.53. The Morgan fingerprint density at radius 2 is 1.93 bits per heavy atom. The standard InChI is InChI=1S/C19H32N6O2.HI/c1-3-20-18(24-13-15-25(16-14-24)19(26)27-4-2)23-12-8-7-11-22-17-9-5-6-10-21-17;/h5-6,9-10H,3-4,7-8,11-16H2,1-2H3,(H,20,23)(H,21,22);1H. The molecule has 1 aromatic heterocycles. The number of nitrogens with one attached hydrogen (secondary N) is 2.